The van der Waals surface area contributed by atoms with E-state index >= 15 is 0 Å². The summed E-state index contributed by atoms with van der Waals surface area (Å²) in [7, 11) is 0. The van der Waals surface area contributed by atoms with E-state index in [1.165, 1.54) is 47.2 Å². The van der Waals surface area contributed by atoms with Crippen LogP contribution in [0.4, 0.5) is 0 Å². The number of hydrogen-bond donors (Lipinski definition) is 1. The molecule has 3 heteroatoms. The average molecular weight is 370 g/mol. The van der Waals surface area contributed by atoms with Crippen LogP contribution in [0.2, 0.25) is 0 Å². The zero-order valence-electron chi connectivity index (χ0n) is 13.3. The van der Waals surface area contributed by atoms with Gasteiger partial charge in [0.1, 0.15) is 0 Å². The predicted molar refractivity (Wildman–Crippen MR) is 98.1 cm³/mol. The third-order valence-electron chi connectivity index (χ3n) is 4.69. The Hall–Kier alpha value is 0.01000. The van der Waals surface area contributed by atoms with Crippen LogP contribution >= 0.6 is 27.7 Å². The SMILES string of the molecule is CCNC(CSc1ccccc1Br)C1CCCC(CC)C1. The Morgan fingerprint density at radius 3 is 2.81 bits per heavy atom. The van der Waals surface area contributed by atoms with Crippen molar-refractivity contribution in [1.29, 1.82) is 0 Å². The lowest BCUT2D eigenvalue weighted by molar-refractivity contribution is 0.220. The van der Waals surface area contributed by atoms with Gasteiger partial charge in [-0.1, -0.05) is 45.2 Å². The van der Waals surface area contributed by atoms with Crippen LogP contribution in [0.1, 0.15) is 46.0 Å². The second-order valence-electron chi connectivity index (χ2n) is 6.11. The summed E-state index contributed by atoms with van der Waals surface area (Å²) in [6.07, 6.45) is 7.05. The zero-order chi connectivity index (χ0) is 15.1. The van der Waals surface area contributed by atoms with Gasteiger partial charge in [0, 0.05) is 21.2 Å². The fourth-order valence-corrected chi connectivity index (χ4v) is 5.19. The van der Waals surface area contributed by atoms with Crippen LogP contribution in [0.15, 0.2) is 33.6 Å². The van der Waals surface area contributed by atoms with Crippen molar-refractivity contribution < 1.29 is 0 Å². The maximum Gasteiger partial charge on any atom is 0.0311 e. The maximum atomic E-state index is 3.75. The van der Waals surface area contributed by atoms with E-state index in [0.29, 0.717) is 6.04 Å². The van der Waals surface area contributed by atoms with Crippen LogP contribution in [0, 0.1) is 11.8 Å². The van der Waals surface area contributed by atoms with Gasteiger partial charge in [-0.2, -0.15) is 0 Å². The van der Waals surface area contributed by atoms with Gasteiger partial charge >= 0.3 is 0 Å². The van der Waals surface area contributed by atoms with E-state index in [1.807, 2.05) is 11.8 Å². The van der Waals surface area contributed by atoms with Crippen molar-refractivity contribution >= 4 is 27.7 Å². The number of halogens is 1. The van der Waals surface area contributed by atoms with Crippen LogP contribution in [-0.2, 0) is 0 Å². The van der Waals surface area contributed by atoms with E-state index in [4.69, 9.17) is 0 Å². The Balaban J connectivity index is 1.94. The molecule has 0 aliphatic heterocycles. The summed E-state index contributed by atoms with van der Waals surface area (Å²) >= 11 is 5.65. The molecule has 1 aliphatic carbocycles. The van der Waals surface area contributed by atoms with Gasteiger partial charge in [0.25, 0.3) is 0 Å². The topological polar surface area (TPSA) is 12.0 Å². The molecule has 0 spiro atoms. The van der Waals surface area contributed by atoms with Crippen molar-refractivity contribution in [2.45, 2.75) is 56.9 Å². The zero-order valence-corrected chi connectivity index (χ0v) is 15.7. The summed E-state index contributed by atoms with van der Waals surface area (Å²) in [6, 6.07) is 9.22. The molecule has 0 amide bonds. The Morgan fingerprint density at radius 1 is 1.29 bits per heavy atom. The minimum absolute atomic E-state index is 0.654. The molecular formula is C18H28BrNS. The molecule has 1 aromatic carbocycles. The van der Waals surface area contributed by atoms with Crippen molar-refractivity contribution in [2.75, 3.05) is 12.3 Å². The molecule has 0 radical (unpaired) electrons. The quantitative estimate of drug-likeness (QED) is 0.615. The van der Waals surface area contributed by atoms with E-state index in [-0.39, 0.29) is 0 Å². The van der Waals surface area contributed by atoms with Crippen LogP contribution in [-0.4, -0.2) is 18.3 Å². The summed E-state index contributed by atoms with van der Waals surface area (Å²) < 4.78 is 1.22. The number of thioether (sulfide) groups is 1. The van der Waals surface area contributed by atoms with Gasteiger partial charge < -0.3 is 5.32 Å². The first-order valence-corrected chi connectivity index (χ1v) is 10.1. The molecule has 21 heavy (non-hydrogen) atoms. The molecule has 3 atom stereocenters. The van der Waals surface area contributed by atoms with Gasteiger partial charge in [0.15, 0.2) is 0 Å². The lowest BCUT2D eigenvalue weighted by atomic mass is 9.77. The molecule has 3 unspecified atom stereocenters. The lowest BCUT2D eigenvalue weighted by Gasteiger charge is -2.34. The standard InChI is InChI=1S/C18H28BrNS/c1-3-14-8-7-9-15(12-14)17(20-4-2)13-21-18-11-6-5-10-16(18)19/h5-6,10-11,14-15,17,20H,3-4,7-9,12-13H2,1-2H3. The highest BCUT2D eigenvalue weighted by molar-refractivity contribution is 9.10. The Labute approximate surface area is 142 Å². The molecule has 1 aromatic rings. The normalized spacial score (nSPS) is 24.0. The second-order valence-corrected chi connectivity index (χ2v) is 8.02. The summed E-state index contributed by atoms with van der Waals surface area (Å²) in [5, 5.41) is 3.75. The predicted octanol–water partition coefficient (Wildman–Crippen LogP) is 5.74. The first kappa shape index (κ1) is 17.4. The monoisotopic (exact) mass is 369 g/mol. The van der Waals surface area contributed by atoms with Crippen molar-refractivity contribution in [2.24, 2.45) is 11.8 Å². The van der Waals surface area contributed by atoms with Crippen LogP contribution in [0.25, 0.3) is 0 Å². The molecule has 0 bridgehead atoms. The summed E-state index contributed by atoms with van der Waals surface area (Å²) in [6.45, 7) is 5.66. The van der Waals surface area contributed by atoms with Crippen LogP contribution in [0.5, 0.6) is 0 Å². The summed E-state index contributed by atoms with van der Waals surface area (Å²) in [4.78, 5) is 1.36. The molecule has 1 fully saturated rings. The van der Waals surface area contributed by atoms with Gasteiger partial charge in [-0.3, -0.25) is 0 Å². The Bertz CT molecular complexity index is 423. The molecule has 1 saturated carbocycles. The van der Waals surface area contributed by atoms with Crippen LogP contribution in [0.3, 0.4) is 0 Å². The van der Waals surface area contributed by atoms with Gasteiger partial charge in [-0.05, 0) is 59.3 Å². The van der Waals surface area contributed by atoms with E-state index < -0.39 is 0 Å². The molecular weight excluding hydrogens is 342 g/mol. The van der Waals surface area contributed by atoms with E-state index in [1.54, 1.807) is 0 Å². The molecule has 1 aliphatic rings. The third kappa shape index (κ3) is 5.30. The molecule has 1 nitrogen and oxygen atoms in total. The van der Waals surface area contributed by atoms with E-state index in [2.05, 4.69) is 59.4 Å². The largest absolute Gasteiger partial charge is 0.313 e. The molecule has 1 N–H and O–H groups in total. The summed E-state index contributed by atoms with van der Waals surface area (Å²) in [5.74, 6) is 2.99. The highest BCUT2D eigenvalue weighted by Crippen LogP contribution is 2.35. The minimum atomic E-state index is 0.654. The third-order valence-corrected chi connectivity index (χ3v) is 6.84. The molecule has 0 aromatic heterocycles. The van der Waals surface area contributed by atoms with Crippen molar-refractivity contribution in [3.63, 3.8) is 0 Å². The van der Waals surface area contributed by atoms with Gasteiger partial charge in [-0.15, -0.1) is 11.8 Å². The van der Waals surface area contributed by atoms with E-state index in [9.17, 15) is 0 Å². The first-order chi connectivity index (χ1) is 10.2. The fourth-order valence-electron chi connectivity index (χ4n) is 3.43. The highest BCUT2D eigenvalue weighted by atomic mass is 79.9. The molecule has 0 heterocycles. The number of hydrogen-bond acceptors (Lipinski definition) is 2. The van der Waals surface area contributed by atoms with Crippen molar-refractivity contribution in [3.8, 4) is 0 Å². The van der Waals surface area contributed by atoms with Crippen molar-refractivity contribution in [1.82, 2.24) is 5.32 Å². The smallest absolute Gasteiger partial charge is 0.0311 e. The van der Waals surface area contributed by atoms with Gasteiger partial charge in [0.05, 0.1) is 0 Å². The average Bonchev–Trinajstić information content (AvgIpc) is 2.53. The maximum absolute atomic E-state index is 3.75. The van der Waals surface area contributed by atoms with Gasteiger partial charge in [0.2, 0.25) is 0 Å². The Kier molecular flexibility index (Phi) is 7.62. The fraction of sp³-hybridized carbons (Fsp3) is 0.667. The second kappa shape index (κ2) is 9.22. The number of nitrogens with one attached hydrogen (secondary N) is 1. The van der Waals surface area contributed by atoms with Crippen LogP contribution < -0.4 is 5.32 Å². The Morgan fingerprint density at radius 2 is 2.10 bits per heavy atom. The van der Waals surface area contributed by atoms with E-state index in [0.717, 1.165) is 18.4 Å². The lowest BCUT2D eigenvalue weighted by Crippen LogP contribution is -2.40. The number of benzene rings is 1. The molecule has 0 saturated heterocycles. The first-order valence-electron chi connectivity index (χ1n) is 8.35. The summed E-state index contributed by atoms with van der Waals surface area (Å²) in [5.41, 5.74) is 0. The molecule has 2 rings (SSSR count). The number of rotatable bonds is 7. The highest BCUT2D eigenvalue weighted by Gasteiger charge is 2.27. The molecule has 118 valence electrons. The minimum Gasteiger partial charge on any atom is -0.313 e. The van der Waals surface area contributed by atoms with Crippen molar-refractivity contribution in [3.05, 3.63) is 28.7 Å². The van der Waals surface area contributed by atoms with Gasteiger partial charge in [-0.25, -0.2) is 0 Å².